The second-order valence-corrected chi connectivity index (χ2v) is 2.52. The van der Waals surface area contributed by atoms with E-state index >= 15 is 0 Å². The van der Waals surface area contributed by atoms with Crippen LogP contribution in [0, 0.1) is 17.1 Å². The molecule has 0 saturated carbocycles. The minimum atomic E-state index is -0.882. The standard InChI is InChI=1S/C9H6FNO2/c1-5(12)7-2-6(13)3-9(10)8(7)4-11/h2-3,13H,1H3. The molecular formula is C9H6FNO2. The van der Waals surface area contributed by atoms with E-state index in [1.54, 1.807) is 6.07 Å². The number of nitrogens with zero attached hydrogens (tertiary/aromatic N) is 1. The van der Waals surface area contributed by atoms with E-state index in [4.69, 9.17) is 10.4 Å². The Morgan fingerprint density at radius 2 is 2.23 bits per heavy atom. The van der Waals surface area contributed by atoms with Gasteiger partial charge in [0.1, 0.15) is 17.6 Å². The molecule has 1 aromatic carbocycles. The zero-order valence-corrected chi connectivity index (χ0v) is 6.84. The first-order chi connectivity index (χ1) is 6.06. The molecule has 0 heterocycles. The van der Waals surface area contributed by atoms with Crippen LogP contribution in [0.1, 0.15) is 22.8 Å². The Hall–Kier alpha value is -1.89. The molecule has 0 aliphatic rings. The highest BCUT2D eigenvalue weighted by atomic mass is 19.1. The van der Waals surface area contributed by atoms with E-state index in [9.17, 15) is 9.18 Å². The van der Waals surface area contributed by atoms with Gasteiger partial charge in [-0.15, -0.1) is 0 Å². The summed E-state index contributed by atoms with van der Waals surface area (Å²) in [7, 11) is 0. The second-order valence-electron chi connectivity index (χ2n) is 2.52. The lowest BCUT2D eigenvalue weighted by Gasteiger charge is -2.01. The van der Waals surface area contributed by atoms with E-state index in [0.29, 0.717) is 0 Å². The molecule has 0 radical (unpaired) electrons. The molecule has 3 nitrogen and oxygen atoms in total. The van der Waals surface area contributed by atoms with Crippen molar-refractivity contribution in [2.24, 2.45) is 0 Å². The van der Waals surface area contributed by atoms with Crippen LogP contribution in [0.3, 0.4) is 0 Å². The zero-order chi connectivity index (χ0) is 10.0. The van der Waals surface area contributed by atoms with E-state index < -0.39 is 11.6 Å². The number of rotatable bonds is 1. The molecule has 0 saturated heterocycles. The fraction of sp³-hybridized carbons (Fsp3) is 0.111. The van der Waals surface area contributed by atoms with Gasteiger partial charge < -0.3 is 5.11 Å². The number of Topliss-reactive ketones (excluding diaryl/α,β-unsaturated/α-hetero) is 1. The maximum Gasteiger partial charge on any atom is 0.161 e. The van der Waals surface area contributed by atoms with Crippen molar-refractivity contribution in [3.8, 4) is 11.8 Å². The summed E-state index contributed by atoms with van der Waals surface area (Å²) in [6.45, 7) is 1.20. The average molecular weight is 179 g/mol. The molecular weight excluding hydrogens is 173 g/mol. The SMILES string of the molecule is CC(=O)c1cc(O)cc(F)c1C#N. The van der Waals surface area contributed by atoms with Crippen molar-refractivity contribution in [2.75, 3.05) is 0 Å². The lowest BCUT2D eigenvalue weighted by molar-refractivity contribution is 0.101. The van der Waals surface area contributed by atoms with Gasteiger partial charge in [-0.25, -0.2) is 4.39 Å². The summed E-state index contributed by atoms with van der Waals surface area (Å²) in [6.07, 6.45) is 0. The number of phenolic OH excluding ortho intramolecular Hbond substituents is 1. The Morgan fingerprint density at radius 1 is 1.62 bits per heavy atom. The normalized spacial score (nSPS) is 9.31. The first kappa shape index (κ1) is 9.20. The number of hydrogen-bond acceptors (Lipinski definition) is 3. The summed E-state index contributed by atoms with van der Waals surface area (Å²) >= 11 is 0. The van der Waals surface area contributed by atoms with Crippen LogP contribution >= 0.6 is 0 Å². The fourth-order valence-corrected chi connectivity index (χ4v) is 0.984. The number of carbonyl (C=O) groups excluding carboxylic acids is 1. The van der Waals surface area contributed by atoms with E-state index in [2.05, 4.69) is 0 Å². The summed E-state index contributed by atoms with van der Waals surface area (Å²) in [6, 6.07) is 3.44. The predicted molar refractivity (Wildman–Crippen MR) is 42.8 cm³/mol. The van der Waals surface area contributed by atoms with Crippen LogP contribution in [0.2, 0.25) is 0 Å². The lowest BCUT2D eigenvalue weighted by atomic mass is 10.0. The van der Waals surface area contributed by atoms with Gasteiger partial charge in [0.05, 0.1) is 5.56 Å². The highest BCUT2D eigenvalue weighted by molar-refractivity contribution is 5.96. The third-order valence-electron chi connectivity index (χ3n) is 1.57. The lowest BCUT2D eigenvalue weighted by Crippen LogP contribution is -1.99. The highest BCUT2D eigenvalue weighted by Gasteiger charge is 2.13. The van der Waals surface area contributed by atoms with Crippen LogP contribution in [-0.2, 0) is 0 Å². The molecule has 66 valence electrons. The molecule has 0 aliphatic carbocycles. The molecule has 0 spiro atoms. The van der Waals surface area contributed by atoms with Gasteiger partial charge in [0.2, 0.25) is 0 Å². The van der Waals surface area contributed by atoms with E-state index in [-0.39, 0.29) is 16.9 Å². The van der Waals surface area contributed by atoms with E-state index in [0.717, 1.165) is 12.1 Å². The second kappa shape index (κ2) is 3.23. The fourth-order valence-electron chi connectivity index (χ4n) is 0.984. The van der Waals surface area contributed by atoms with Gasteiger partial charge in [-0.05, 0) is 13.0 Å². The van der Waals surface area contributed by atoms with Gasteiger partial charge in [0.15, 0.2) is 5.78 Å². The Balaban J connectivity index is 3.50. The van der Waals surface area contributed by atoms with Crippen molar-refractivity contribution in [2.45, 2.75) is 6.92 Å². The zero-order valence-electron chi connectivity index (χ0n) is 6.84. The molecule has 0 amide bonds. The Morgan fingerprint density at radius 3 is 2.69 bits per heavy atom. The van der Waals surface area contributed by atoms with Crippen molar-refractivity contribution >= 4 is 5.78 Å². The first-order valence-electron chi connectivity index (χ1n) is 3.50. The molecule has 0 aromatic heterocycles. The number of benzene rings is 1. The van der Waals surface area contributed by atoms with E-state index in [1.165, 1.54) is 6.92 Å². The van der Waals surface area contributed by atoms with Gasteiger partial charge in [-0.2, -0.15) is 5.26 Å². The molecule has 13 heavy (non-hydrogen) atoms. The summed E-state index contributed by atoms with van der Waals surface area (Å²) < 4.78 is 12.9. The number of phenols is 1. The summed E-state index contributed by atoms with van der Waals surface area (Å²) in [5, 5.41) is 17.5. The summed E-state index contributed by atoms with van der Waals surface area (Å²) in [5.41, 5.74) is -0.426. The number of carbonyl (C=O) groups is 1. The monoisotopic (exact) mass is 179 g/mol. The average Bonchev–Trinajstić information content (AvgIpc) is 2.02. The van der Waals surface area contributed by atoms with Gasteiger partial charge in [-0.1, -0.05) is 0 Å². The van der Waals surface area contributed by atoms with Crippen molar-refractivity contribution in [1.82, 2.24) is 0 Å². The topological polar surface area (TPSA) is 61.1 Å². The molecule has 4 heteroatoms. The quantitative estimate of drug-likeness (QED) is 0.666. The number of aromatic hydroxyl groups is 1. The largest absolute Gasteiger partial charge is 0.508 e. The number of halogens is 1. The van der Waals surface area contributed by atoms with Crippen molar-refractivity contribution in [3.63, 3.8) is 0 Å². The maximum absolute atomic E-state index is 12.9. The van der Waals surface area contributed by atoms with Crippen LogP contribution in [-0.4, -0.2) is 10.9 Å². The minimum absolute atomic E-state index is 0.0972. The molecule has 0 atom stereocenters. The molecule has 1 aromatic rings. The molecule has 0 fully saturated rings. The van der Waals surface area contributed by atoms with Crippen LogP contribution in [0.4, 0.5) is 4.39 Å². The minimum Gasteiger partial charge on any atom is -0.508 e. The molecule has 1 rings (SSSR count). The van der Waals surface area contributed by atoms with Gasteiger partial charge in [-0.3, -0.25) is 4.79 Å². The van der Waals surface area contributed by atoms with Crippen molar-refractivity contribution < 1.29 is 14.3 Å². The molecule has 0 aliphatic heterocycles. The van der Waals surface area contributed by atoms with Crippen LogP contribution in [0.15, 0.2) is 12.1 Å². The Bertz CT molecular complexity index is 407. The van der Waals surface area contributed by atoms with Crippen LogP contribution < -0.4 is 0 Å². The Kier molecular flexibility index (Phi) is 2.29. The molecule has 0 unspecified atom stereocenters. The van der Waals surface area contributed by atoms with Gasteiger partial charge in [0, 0.05) is 11.6 Å². The third kappa shape index (κ3) is 1.64. The van der Waals surface area contributed by atoms with Crippen LogP contribution in [0.25, 0.3) is 0 Å². The van der Waals surface area contributed by atoms with Crippen molar-refractivity contribution in [1.29, 1.82) is 5.26 Å². The number of hydrogen-bond donors (Lipinski definition) is 1. The van der Waals surface area contributed by atoms with Gasteiger partial charge in [0.25, 0.3) is 0 Å². The van der Waals surface area contributed by atoms with E-state index in [1.807, 2.05) is 0 Å². The summed E-state index contributed by atoms with van der Waals surface area (Å²) in [4.78, 5) is 10.9. The van der Waals surface area contributed by atoms with Crippen molar-refractivity contribution in [3.05, 3.63) is 29.1 Å². The van der Waals surface area contributed by atoms with Gasteiger partial charge >= 0.3 is 0 Å². The Labute approximate surface area is 74.0 Å². The maximum atomic E-state index is 12.9. The smallest absolute Gasteiger partial charge is 0.161 e. The molecule has 0 bridgehead atoms. The number of nitriles is 1. The van der Waals surface area contributed by atoms with Crippen LogP contribution in [0.5, 0.6) is 5.75 Å². The predicted octanol–water partition coefficient (Wildman–Crippen LogP) is 1.61. The summed E-state index contributed by atoms with van der Waals surface area (Å²) in [5.74, 6) is -1.69. The third-order valence-corrected chi connectivity index (χ3v) is 1.57. The number of ketones is 1. The first-order valence-corrected chi connectivity index (χ1v) is 3.50. The highest BCUT2D eigenvalue weighted by Crippen LogP contribution is 2.20. The molecule has 1 N–H and O–H groups in total.